The molecule has 0 aromatic heterocycles. The van der Waals surface area contributed by atoms with Crippen molar-refractivity contribution in [3.63, 3.8) is 0 Å². The second-order valence-corrected chi connectivity index (χ2v) is 8.69. The van der Waals surface area contributed by atoms with Crippen molar-refractivity contribution in [1.29, 1.82) is 0 Å². The van der Waals surface area contributed by atoms with Crippen LogP contribution in [0.1, 0.15) is 29.5 Å². The van der Waals surface area contributed by atoms with E-state index in [9.17, 15) is 22.8 Å². The molecule has 2 aliphatic rings. The molecule has 0 aliphatic carbocycles. The van der Waals surface area contributed by atoms with Crippen molar-refractivity contribution in [2.24, 2.45) is 5.92 Å². The van der Waals surface area contributed by atoms with Gasteiger partial charge in [0.25, 0.3) is 0 Å². The Morgan fingerprint density at radius 1 is 1.03 bits per heavy atom. The monoisotopic (exact) mass is 491 g/mol. The Kier molecular flexibility index (Phi) is 7.20. The number of nitrogens with zero attached hydrogens (tertiary/aromatic N) is 2. The van der Waals surface area contributed by atoms with Crippen LogP contribution >= 0.6 is 0 Å². The third-order valence-electron chi connectivity index (χ3n) is 6.50. The second-order valence-electron chi connectivity index (χ2n) is 8.69. The van der Waals surface area contributed by atoms with Gasteiger partial charge >= 0.3 is 12.2 Å². The highest BCUT2D eigenvalue weighted by Gasteiger charge is 2.47. The summed E-state index contributed by atoms with van der Waals surface area (Å²) in [5, 5.41) is 3.22. The van der Waals surface area contributed by atoms with Crippen LogP contribution in [0.25, 0.3) is 0 Å². The van der Waals surface area contributed by atoms with Crippen molar-refractivity contribution in [2.45, 2.75) is 38.1 Å². The average Bonchev–Trinajstić information content (AvgIpc) is 2.86. The normalized spacial score (nSPS) is 20.6. The van der Waals surface area contributed by atoms with Gasteiger partial charge in [-0.3, -0.25) is 15.0 Å². The van der Waals surface area contributed by atoms with Crippen LogP contribution in [0.5, 0.6) is 11.5 Å². The molecule has 35 heavy (non-hydrogen) atoms. The number of hydrogen-bond acceptors (Lipinski definition) is 5. The predicted molar refractivity (Wildman–Crippen MR) is 122 cm³/mol. The summed E-state index contributed by atoms with van der Waals surface area (Å²) in [6.07, 6.45) is -3.23. The number of carbonyl (C=O) groups excluding carboxylic acids is 2. The number of piperidine rings is 1. The molecule has 0 bridgehead atoms. The van der Waals surface area contributed by atoms with E-state index in [1.54, 1.807) is 18.2 Å². The Morgan fingerprint density at radius 3 is 2.51 bits per heavy atom. The van der Waals surface area contributed by atoms with Gasteiger partial charge in [-0.25, -0.2) is 4.79 Å². The molecule has 4 rings (SSSR count). The molecular weight excluding hydrogens is 463 g/mol. The molecule has 2 fully saturated rings. The van der Waals surface area contributed by atoms with Gasteiger partial charge in [-0.15, -0.1) is 0 Å². The van der Waals surface area contributed by atoms with E-state index in [2.05, 4.69) is 5.32 Å². The van der Waals surface area contributed by atoms with Gasteiger partial charge in [0, 0.05) is 13.1 Å². The molecule has 2 aromatic rings. The molecule has 2 aromatic carbocycles. The largest absolute Gasteiger partial charge is 0.493 e. The van der Waals surface area contributed by atoms with Crippen LogP contribution in [0.15, 0.2) is 42.5 Å². The zero-order chi connectivity index (χ0) is 25.2. The Morgan fingerprint density at radius 2 is 1.80 bits per heavy atom. The molecule has 2 saturated heterocycles. The molecule has 10 heteroatoms. The molecule has 2 heterocycles. The number of carbonyl (C=O) groups is 2. The van der Waals surface area contributed by atoms with E-state index >= 15 is 0 Å². The second kappa shape index (κ2) is 10.2. The summed E-state index contributed by atoms with van der Waals surface area (Å²) in [6, 6.07) is 9.83. The summed E-state index contributed by atoms with van der Waals surface area (Å²) in [7, 11) is 3.07. The number of halogens is 3. The van der Waals surface area contributed by atoms with E-state index in [0.29, 0.717) is 36.4 Å². The molecule has 0 saturated carbocycles. The number of rotatable bonds is 7. The van der Waals surface area contributed by atoms with Gasteiger partial charge in [0.2, 0.25) is 5.91 Å². The van der Waals surface area contributed by atoms with Gasteiger partial charge in [0.05, 0.1) is 31.9 Å². The lowest BCUT2D eigenvalue weighted by atomic mass is 9.91. The SMILES string of the molecule is COc1ccc(CCN2C(=O)C3CCCNC3N(Cc3cccc(C(F)(F)F)c3)C2=O)cc1OC. The van der Waals surface area contributed by atoms with E-state index < -0.39 is 29.9 Å². The number of ether oxygens (including phenoxy) is 2. The van der Waals surface area contributed by atoms with Crippen molar-refractivity contribution in [3.05, 3.63) is 59.2 Å². The third kappa shape index (κ3) is 5.22. The van der Waals surface area contributed by atoms with Gasteiger partial charge in [-0.05, 0) is 61.2 Å². The minimum absolute atomic E-state index is 0.0307. The van der Waals surface area contributed by atoms with Crippen LogP contribution in [-0.2, 0) is 23.9 Å². The van der Waals surface area contributed by atoms with Gasteiger partial charge in [0.1, 0.15) is 0 Å². The van der Waals surface area contributed by atoms with Crippen LogP contribution in [0.2, 0.25) is 0 Å². The molecule has 2 aliphatic heterocycles. The number of alkyl halides is 3. The fourth-order valence-electron chi connectivity index (χ4n) is 4.72. The first kappa shape index (κ1) is 24.8. The maximum atomic E-state index is 13.4. The quantitative estimate of drug-likeness (QED) is 0.633. The third-order valence-corrected chi connectivity index (χ3v) is 6.50. The van der Waals surface area contributed by atoms with Crippen molar-refractivity contribution in [1.82, 2.24) is 15.1 Å². The summed E-state index contributed by atoms with van der Waals surface area (Å²) >= 11 is 0. The zero-order valence-electron chi connectivity index (χ0n) is 19.6. The summed E-state index contributed by atoms with van der Waals surface area (Å²) in [4.78, 5) is 29.4. The molecule has 3 amide bonds. The molecule has 2 atom stereocenters. The van der Waals surface area contributed by atoms with E-state index in [4.69, 9.17) is 9.47 Å². The smallest absolute Gasteiger partial charge is 0.416 e. The van der Waals surface area contributed by atoms with Gasteiger partial charge in [0.15, 0.2) is 11.5 Å². The fraction of sp³-hybridized carbons (Fsp3) is 0.440. The molecule has 1 N–H and O–H groups in total. The number of methoxy groups -OCH3 is 2. The Balaban J connectivity index is 1.56. The maximum Gasteiger partial charge on any atom is 0.416 e. The van der Waals surface area contributed by atoms with Crippen LogP contribution in [0.3, 0.4) is 0 Å². The summed E-state index contributed by atoms with van der Waals surface area (Å²) in [5.74, 6) is 0.416. The first-order valence-corrected chi connectivity index (χ1v) is 11.5. The highest BCUT2D eigenvalue weighted by atomic mass is 19.4. The van der Waals surface area contributed by atoms with Crippen molar-refractivity contribution >= 4 is 11.9 Å². The molecule has 188 valence electrons. The van der Waals surface area contributed by atoms with Crippen LogP contribution in [-0.4, -0.2) is 55.2 Å². The molecule has 7 nitrogen and oxygen atoms in total. The summed E-state index contributed by atoms with van der Waals surface area (Å²) in [5.41, 5.74) is 0.444. The lowest BCUT2D eigenvalue weighted by Gasteiger charge is -2.47. The number of imide groups is 1. The Bertz CT molecular complexity index is 1090. The van der Waals surface area contributed by atoms with E-state index in [1.165, 1.54) is 30.1 Å². The number of urea groups is 1. The topological polar surface area (TPSA) is 71.1 Å². The number of fused-ring (bicyclic) bond motifs is 1. The molecule has 0 radical (unpaired) electrons. The van der Waals surface area contributed by atoms with E-state index in [1.807, 2.05) is 6.07 Å². The van der Waals surface area contributed by atoms with Crippen LogP contribution in [0.4, 0.5) is 18.0 Å². The Hall–Kier alpha value is -3.27. The van der Waals surface area contributed by atoms with Crippen LogP contribution in [0, 0.1) is 5.92 Å². The van der Waals surface area contributed by atoms with Crippen molar-refractivity contribution < 1.29 is 32.2 Å². The highest BCUT2D eigenvalue weighted by molar-refractivity contribution is 5.98. The van der Waals surface area contributed by atoms with Crippen LogP contribution < -0.4 is 14.8 Å². The standard InChI is InChI=1S/C25H28F3N3O4/c1-34-20-9-8-16(14-21(20)35-2)10-12-30-23(32)19-7-4-11-29-22(19)31(24(30)33)15-17-5-3-6-18(13-17)25(26,27)28/h3,5-6,8-9,13-14,19,22,29H,4,7,10-12,15H2,1-2H3. The zero-order valence-corrected chi connectivity index (χ0v) is 19.6. The van der Waals surface area contributed by atoms with Gasteiger partial charge < -0.3 is 14.4 Å². The average molecular weight is 492 g/mol. The first-order valence-electron chi connectivity index (χ1n) is 11.5. The molecular formula is C25H28F3N3O4. The molecule has 2 unspecified atom stereocenters. The predicted octanol–water partition coefficient (Wildman–Crippen LogP) is 4.06. The van der Waals surface area contributed by atoms with E-state index in [0.717, 1.165) is 24.1 Å². The van der Waals surface area contributed by atoms with Gasteiger partial charge in [-0.1, -0.05) is 18.2 Å². The first-order chi connectivity index (χ1) is 16.7. The van der Waals surface area contributed by atoms with E-state index in [-0.39, 0.29) is 19.0 Å². The molecule has 0 spiro atoms. The number of amides is 3. The number of hydrogen-bond donors (Lipinski definition) is 1. The Labute approximate surface area is 201 Å². The number of nitrogens with one attached hydrogen (secondary N) is 1. The summed E-state index contributed by atoms with van der Waals surface area (Å²) in [6.45, 7) is 0.749. The van der Waals surface area contributed by atoms with Crippen molar-refractivity contribution in [3.8, 4) is 11.5 Å². The fourth-order valence-corrected chi connectivity index (χ4v) is 4.72. The lowest BCUT2D eigenvalue weighted by Crippen LogP contribution is -2.67. The maximum absolute atomic E-state index is 13.4. The minimum Gasteiger partial charge on any atom is -0.493 e. The number of benzene rings is 2. The highest BCUT2D eigenvalue weighted by Crippen LogP contribution is 2.33. The summed E-state index contributed by atoms with van der Waals surface area (Å²) < 4.78 is 50.2. The van der Waals surface area contributed by atoms with Gasteiger partial charge in [-0.2, -0.15) is 13.2 Å². The minimum atomic E-state index is -4.48. The lowest BCUT2D eigenvalue weighted by molar-refractivity contribution is -0.141. The van der Waals surface area contributed by atoms with Crippen molar-refractivity contribution in [2.75, 3.05) is 27.3 Å².